The lowest BCUT2D eigenvalue weighted by molar-refractivity contribution is 0.102. The van der Waals surface area contributed by atoms with E-state index in [1.807, 2.05) is 6.07 Å². The lowest BCUT2D eigenvalue weighted by Crippen LogP contribution is -2.47. The zero-order valence-electron chi connectivity index (χ0n) is 17.5. The van der Waals surface area contributed by atoms with Crippen molar-refractivity contribution in [2.45, 2.75) is 13.0 Å². The van der Waals surface area contributed by atoms with E-state index in [0.29, 0.717) is 15.7 Å². The van der Waals surface area contributed by atoms with Crippen LogP contribution in [0.5, 0.6) is 11.5 Å². The lowest BCUT2D eigenvalue weighted by Gasteiger charge is -2.38. The van der Waals surface area contributed by atoms with Gasteiger partial charge in [-0.1, -0.05) is 29.0 Å². The van der Waals surface area contributed by atoms with Crippen molar-refractivity contribution in [1.29, 1.82) is 0 Å². The Labute approximate surface area is 194 Å². The van der Waals surface area contributed by atoms with Gasteiger partial charge in [0.25, 0.3) is 5.91 Å². The molecule has 2 aliphatic rings. The van der Waals surface area contributed by atoms with Gasteiger partial charge in [0.2, 0.25) is 17.1 Å². The van der Waals surface area contributed by atoms with Gasteiger partial charge < -0.3 is 14.4 Å². The van der Waals surface area contributed by atoms with E-state index in [1.54, 1.807) is 24.3 Å². The number of amides is 1. The SMILES string of the molecule is CC(c1ccc2c(c1)OCO2)N1CCN(c2nnc(NC(=O)c3ccc(Cl)cc3)s2)CC1. The summed E-state index contributed by atoms with van der Waals surface area (Å²) in [7, 11) is 0. The third kappa shape index (κ3) is 4.36. The maximum absolute atomic E-state index is 12.4. The number of rotatable bonds is 5. The second-order valence-electron chi connectivity index (χ2n) is 7.66. The summed E-state index contributed by atoms with van der Waals surface area (Å²) in [6, 6.07) is 13.2. The van der Waals surface area contributed by atoms with Crippen LogP contribution >= 0.6 is 22.9 Å². The van der Waals surface area contributed by atoms with E-state index >= 15 is 0 Å². The van der Waals surface area contributed by atoms with Crippen molar-refractivity contribution < 1.29 is 14.3 Å². The van der Waals surface area contributed by atoms with Crippen LogP contribution < -0.4 is 19.7 Å². The summed E-state index contributed by atoms with van der Waals surface area (Å²) in [6.07, 6.45) is 0. The standard InChI is InChI=1S/C22H22ClN5O3S/c1-14(16-4-7-18-19(12-16)31-13-30-18)27-8-10-28(11-9-27)22-26-25-21(32-22)24-20(29)15-2-5-17(23)6-3-15/h2-7,12,14H,8-11,13H2,1H3,(H,24,25,29). The Morgan fingerprint density at radius 1 is 1.06 bits per heavy atom. The molecule has 0 aliphatic carbocycles. The van der Waals surface area contributed by atoms with Crippen molar-refractivity contribution >= 4 is 39.1 Å². The van der Waals surface area contributed by atoms with Gasteiger partial charge in [-0.25, -0.2) is 0 Å². The van der Waals surface area contributed by atoms with Crippen LogP contribution in [0.25, 0.3) is 0 Å². The fourth-order valence-corrected chi connectivity index (χ4v) is 4.77. The van der Waals surface area contributed by atoms with Crippen molar-refractivity contribution in [2.24, 2.45) is 0 Å². The van der Waals surface area contributed by atoms with Gasteiger partial charge in [0, 0.05) is 42.8 Å². The highest BCUT2D eigenvalue weighted by atomic mass is 35.5. The summed E-state index contributed by atoms with van der Waals surface area (Å²) in [5, 5.41) is 13.1. The van der Waals surface area contributed by atoms with Crippen molar-refractivity contribution in [1.82, 2.24) is 15.1 Å². The number of piperazine rings is 1. The van der Waals surface area contributed by atoms with Crippen LogP contribution in [0.15, 0.2) is 42.5 Å². The van der Waals surface area contributed by atoms with Crippen LogP contribution in [-0.2, 0) is 0 Å². The predicted molar refractivity (Wildman–Crippen MR) is 124 cm³/mol. The first-order chi connectivity index (χ1) is 15.6. The van der Waals surface area contributed by atoms with Crippen LogP contribution in [-0.4, -0.2) is 54.0 Å². The van der Waals surface area contributed by atoms with Gasteiger partial charge in [0.05, 0.1) is 0 Å². The number of halogens is 1. The Morgan fingerprint density at radius 2 is 1.81 bits per heavy atom. The van der Waals surface area contributed by atoms with Crippen molar-refractivity contribution in [3.05, 3.63) is 58.6 Å². The molecule has 166 valence electrons. The molecule has 2 aliphatic heterocycles. The highest BCUT2D eigenvalue weighted by molar-refractivity contribution is 7.19. The first-order valence-corrected chi connectivity index (χ1v) is 11.6. The molecule has 3 aromatic rings. The van der Waals surface area contributed by atoms with E-state index in [0.717, 1.165) is 42.8 Å². The normalized spacial score (nSPS) is 16.8. The molecule has 32 heavy (non-hydrogen) atoms. The first-order valence-electron chi connectivity index (χ1n) is 10.4. The number of fused-ring (bicyclic) bond motifs is 1. The van der Waals surface area contributed by atoms with Gasteiger partial charge in [0.15, 0.2) is 11.5 Å². The molecule has 0 saturated carbocycles. The maximum Gasteiger partial charge on any atom is 0.257 e. The largest absolute Gasteiger partial charge is 0.454 e. The number of aromatic nitrogens is 2. The van der Waals surface area contributed by atoms with Crippen molar-refractivity contribution in [3.63, 3.8) is 0 Å². The summed E-state index contributed by atoms with van der Waals surface area (Å²) in [4.78, 5) is 17.0. The van der Waals surface area contributed by atoms with Crippen LogP contribution in [0.4, 0.5) is 10.3 Å². The van der Waals surface area contributed by atoms with Crippen LogP contribution in [0.2, 0.25) is 5.02 Å². The Hall–Kier alpha value is -2.88. The van der Waals surface area contributed by atoms with E-state index < -0.39 is 0 Å². The summed E-state index contributed by atoms with van der Waals surface area (Å²) in [5.74, 6) is 1.39. The first kappa shape index (κ1) is 21.0. The van der Waals surface area contributed by atoms with E-state index in [1.165, 1.54) is 16.9 Å². The number of anilines is 2. The van der Waals surface area contributed by atoms with E-state index in [-0.39, 0.29) is 18.7 Å². The zero-order valence-corrected chi connectivity index (χ0v) is 19.0. The van der Waals surface area contributed by atoms with Gasteiger partial charge in [0.1, 0.15) is 0 Å². The third-order valence-electron chi connectivity index (χ3n) is 5.75. The molecule has 1 fully saturated rings. The number of hydrogen-bond acceptors (Lipinski definition) is 8. The number of nitrogens with zero attached hydrogens (tertiary/aromatic N) is 4. The average Bonchev–Trinajstić information content (AvgIpc) is 3.48. The summed E-state index contributed by atoms with van der Waals surface area (Å²) in [5.41, 5.74) is 1.74. The number of nitrogens with one attached hydrogen (secondary N) is 1. The molecule has 1 amide bonds. The molecule has 1 atom stereocenters. The monoisotopic (exact) mass is 471 g/mol. The number of carbonyl (C=O) groups excluding carboxylic acids is 1. The number of carbonyl (C=O) groups is 1. The second-order valence-corrected chi connectivity index (χ2v) is 9.05. The van der Waals surface area contributed by atoms with Crippen molar-refractivity contribution in [3.8, 4) is 11.5 Å². The lowest BCUT2D eigenvalue weighted by atomic mass is 10.1. The summed E-state index contributed by atoms with van der Waals surface area (Å²) >= 11 is 7.26. The second kappa shape index (κ2) is 8.93. The topological polar surface area (TPSA) is 79.8 Å². The van der Waals surface area contributed by atoms with E-state index in [4.69, 9.17) is 21.1 Å². The number of hydrogen-bond donors (Lipinski definition) is 1. The maximum atomic E-state index is 12.4. The highest BCUT2D eigenvalue weighted by Crippen LogP contribution is 2.36. The minimum absolute atomic E-state index is 0.230. The zero-order chi connectivity index (χ0) is 22.1. The molecule has 8 nitrogen and oxygen atoms in total. The Kier molecular flexibility index (Phi) is 5.86. The van der Waals surface area contributed by atoms with Gasteiger partial charge in [-0.15, -0.1) is 10.2 Å². The molecule has 1 aromatic heterocycles. The highest BCUT2D eigenvalue weighted by Gasteiger charge is 2.25. The molecule has 0 bridgehead atoms. The molecule has 0 spiro atoms. The summed E-state index contributed by atoms with van der Waals surface area (Å²) in [6.45, 7) is 5.99. The van der Waals surface area contributed by atoms with Gasteiger partial charge >= 0.3 is 0 Å². The number of benzene rings is 2. The molecule has 1 unspecified atom stereocenters. The van der Waals surface area contributed by atoms with Gasteiger partial charge in [-0.05, 0) is 48.9 Å². The predicted octanol–water partition coefficient (Wildman–Crippen LogP) is 4.06. The quantitative estimate of drug-likeness (QED) is 0.601. The Bertz CT molecular complexity index is 1120. The molecule has 2 aromatic carbocycles. The molecular formula is C22H22ClN5O3S. The van der Waals surface area contributed by atoms with E-state index in [2.05, 4.69) is 44.4 Å². The average molecular weight is 472 g/mol. The Balaban J connectivity index is 1.17. The van der Waals surface area contributed by atoms with Crippen molar-refractivity contribution in [2.75, 3.05) is 43.2 Å². The minimum atomic E-state index is -0.230. The molecule has 5 rings (SSSR count). The van der Waals surface area contributed by atoms with Crippen LogP contribution in [0.1, 0.15) is 28.9 Å². The third-order valence-corrected chi connectivity index (χ3v) is 6.90. The molecule has 0 radical (unpaired) electrons. The summed E-state index contributed by atoms with van der Waals surface area (Å²) < 4.78 is 10.9. The Morgan fingerprint density at radius 3 is 2.59 bits per heavy atom. The number of ether oxygens (including phenoxy) is 2. The molecule has 3 heterocycles. The molecular weight excluding hydrogens is 450 g/mol. The fourth-order valence-electron chi connectivity index (χ4n) is 3.85. The van der Waals surface area contributed by atoms with E-state index in [9.17, 15) is 4.79 Å². The smallest absolute Gasteiger partial charge is 0.257 e. The molecule has 10 heteroatoms. The van der Waals surface area contributed by atoms with Gasteiger partial charge in [-0.3, -0.25) is 15.0 Å². The van der Waals surface area contributed by atoms with Crippen LogP contribution in [0.3, 0.4) is 0 Å². The molecule has 1 saturated heterocycles. The van der Waals surface area contributed by atoms with Gasteiger partial charge in [-0.2, -0.15) is 0 Å². The molecule has 1 N–H and O–H groups in total. The van der Waals surface area contributed by atoms with Crippen LogP contribution in [0, 0.1) is 0 Å². The fraction of sp³-hybridized carbons (Fsp3) is 0.318. The minimum Gasteiger partial charge on any atom is -0.454 e.